The van der Waals surface area contributed by atoms with Gasteiger partial charge in [0.25, 0.3) is 5.91 Å². The van der Waals surface area contributed by atoms with Gasteiger partial charge in [-0.1, -0.05) is 17.3 Å². The highest BCUT2D eigenvalue weighted by Crippen LogP contribution is 2.20. The predicted molar refractivity (Wildman–Crippen MR) is 85.0 cm³/mol. The van der Waals surface area contributed by atoms with Crippen molar-refractivity contribution in [1.29, 1.82) is 0 Å². The van der Waals surface area contributed by atoms with Crippen LogP contribution in [0.15, 0.2) is 47.3 Å². The quantitative estimate of drug-likeness (QED) is 0.743. The second kappa shape index (κ2) is 6.41. The van der Waals surface area contributed by atoms with Gasteiger partial charge >= 0.3 is 5.97 Å². The number of ether oxygens (including phenoxy) is 1. The number of nitrogens with zero attached hydrogens (tertiary/aromatic N) is 3. The number of carbonyl (C=O) groups is 2. The van der Waals surface area contributed by atoms with Crippen molar-refractivity contribution in [3.05, 3.63) is 58.5 Å². The molecule has 0 aliphatic heterocycles. The number of thiophene rings is 1. The number of carbonyl (C=O) groups excluding carboxylic acids is 2. The molecule has 23 heavy (non-hydrogen) atoms. The maximum atomic E-state index is 12.2. The van der Waals surface area contributed by atoms with Crippen LogP contribution in [0.5, 0.6) is 0 Å². The Morgan fingerprint density at radius 2 is 2.09 bits per heavy atom. The van der Waals surface area contributed by atoms with Crippen LogP contribution in [-0.4, -0.2) is 34.0 Å². The minimum absolute atomic E-state index is 0.0893. The highest BCUT2D eigenvalue weighted by molar-refractivity contribution is 7.08. The van der Waals surface area contributed by atoms with E-state index in [1.807, 2.05) is 5.38 Å². The van der Waals surface area contributed by atoms with Crippen LogP contribution in [0, 0.1) is 0 Å². The second-order valence-electron chi connectivity index (χ2n) is 4.52. The molecule has 1 amide bonds. The van der Waals surface area contributed by atoms with E-state index in [1.54, 1.807) is 35.7 Å². The van der Waals surface area contributed by atoms with Gasteiger partial charge in [0.1, 0.15) is 0 Å². The summed E-state index contributed by atoms with van der Waals surface area (Å²) >= 11 is 1.45. The molecule has 7 nitrogen and oxygen atoms in total. The molecular weight excluding hydrogens is 316 g/mol. The molecule has 0 saturated carbocycles. The van der Waals surface area contributed by atoms with E-state index >= 15 is 0 Å². The molecule has 0 saturated heterocycles. The zero-order chi connectivity index (χ0) is 16.2. The van der Waals surface area contributed by atoms with Gasteiger partial charge in [-0.3, -0.25) is 4.79 Å². The molecule has 1 N–H and O–H groups in total. The SMILES string of the molecule is COC(=O)c1cn(-c2ccccc2NC(=O)c2ccsc2)nn1. The van der Waals surface area contributed by atoms with Crippen LogP contribution >= 0.6 is 11.3 Å². The number of aromatic nitrogens is 3. The van der Waals surface area contributed by atoms with Gasteiger partial charge in [-0.25, -0.2) is 9.48 Å². The number of benzene rings is 1. The normalized spacial score (nSPS) is 10.3. The summed E-state index contributed by atoms with van der Waals surface area (Å²) in [7, 11) is 1.27. The number of nitrogens with one attached hydrogen (secondary N) is 1. The maximum Gasteiger partial charge on any atom is 0.360 e. The molecule has 3 aromatic rings. The van der Waals surface area contributed by atoms with Gasteiger partial charge in [0.2, 0.25) is 0 Å². The first-order valence-electron chi connectivity index (χ1n) is 6.62. The number of rotatable bonds is 4. The molecular formula is C15H12N4O3S. The summed E-state index contributed by atoms with van der Waals surface area (Å²) < 4.78 is 6.02. The number of hydrogen-bond donors (Lipinski definition) is 1. The molecule has 0 unspecified atom stereocenters. The lowest BCUT2D eigenvalue weighted by Gasteiger charge is -2.09. The van der Waals surface area contributed by atoms with E-state index < -0.39 is 5.97 Å². The molecule has 3 rings (SSSR count). The van der Waals surface area contributed by atoms with Crippen molar-refractivity contribution in [2.45, 2.75) is 0 Å². The third kappa shape index (κ3) is 3.11. The number of para-hydroxylation sites is 2. The van der Waals surface area contributed by atoms with Gasteiger partial charge in [0, 0.05) is 5.38 Å². The Morgan fingerprint density at radius 3 is 2.83 bits per heavy atom. The summed E-state index contributed by atoms with van der Waals surface area (Å²) in [5.74, 6) is -0.789. The molecule has 116 valence electrons. The minimum atomic E-state index is -0.573. The van der Waals surface area contributed by atoms with Crippen molar-refractivity contribution >= 4 is 28.9 Å². The van der Waals surface area contributed by atoms with E-state index in [9.17, 15) is 9.59 Å². The Morgan fingerprint density at radius 1 is 1.26 bits per heavy atom. The topological polar surface area (TPSA) is 86.1 Å². The van der Waals surface area contributed by atoms with Crippen LogP contribution < -0.4 is 5.32 Å². The van der Waals surface area contributed by atoms with Crippen LogP contribution in [0.3, 0.4) is 0 Å². The van der Waals surface area contributed by atoms with Crippen LogP contribution in [-0.2, 0) is 4.74 Å². The summed E-state index contributed by atoms with van der Waals surface area (Å²) in [6, 6.07) is 8.85. The Balaban J connectivity index is 1.90. The van der Waals surface area contributed by atoms with Gasteiger partial charge in [0.05, 0.1) is 30.2 Å². The van der Waals surface area contributed by atoms with E-state index in [-0.39, 0.29) is 11.6 Å². The Hall–Kier alpha value is -3.00. The zero-order valence-electron chi connectivity index (χ0n) is 12.1. The van der Waals surface area contributed by atoms with Gasteiger partial charge in [-0.2, -0.15) is 11.3 Å². The van der Waals surface area contributed by atoms with Crippen LogP contribution in [0.25, 0.3) is 5.69 Å². The molecule has 2 aromatic heterocycles. The molecule has 0 fully saturated rings. The summed E-state index contributed by atoms with van der Waals surface area (Å²) in [5.41, 5.74) is 1.83. The molecule has 0 atom stereocenters. The van der Waals surface area contributed by atoms with Gasteiger partial charge < -0.3 is 10.1 Å². The number of anilines is 1. The van der Waals surface area contributed by atoms with E-state index in [0.29, 0.717) is 16.9 Å². The highest BCUT2D eigenvalue weighted by atomic mass is 32.1. The summed E-state index contributed by atoms with van der Waals surface area (Å²) in [6.45, 7) is 0. The van der Waals surface area contributed by atoms with Gasteiger partial charge in [0.15, 0.2) is 5.69 Å². The van der Waals surface area contributed by atoms with Gasteiger partial charge in [-0.15, -0.1) is 5.10 Å². The molecule has 0 bridgehead atoms. The molecule has 0 spiro atoms. The number of methoxy groups -OCH3 is 1. The predicted octanol–water partition coefficient (Wildman–Crippen LogP) is 2.37. The smallest absolute Gasteiger partial charge is 0.360 e. The lowest BCUT2D eigenvalue weighted by Crippen LogP contribution is -2.13. The fourth-order valence-corrected chi connectivity index (χ4v) is 2.58. The lowest BCUT2D eigenvalue weighted by molar-refractivity contribution is 0.0593. The van der Waals surface area contributed by atoms with E-state index in [4.69, 9.17) is 0 Å². The molecule has 2 heterocycles. The summed E-state index contributed by atoms with van der Waals surface area (Å²) in [5, 5.41) is 14.1. The van der Waals surface area contributed by atoms with Crippen molar-refractivity contribution < 1.29 is 14.3 Å². The van der Waals surface area contributed by atoms with Gasteiger partial charge in [-0.05, 0) is 23.6 Å². The maximum absolute atomic E-state index is 12.2. The van der Waals surface area contributed by atoms with E-state index in [1.165, 1.54) is 29.3 Å². The Kier molecular flexibility index (Phi) is 4.15. The monoisotopic (exact) mass is 328 g/mol. The van der Waals surface area contributed by atoms with Crippen LogP contribution in [0.1, 0.15) is 20.8 Å². The lowest BCUT2D eigenvalue weighted by atomic mass is 10.2. The first-order valence-corrected chi connectivity index (χ1v) is 7.57. The van der Waals surface area contributed by atoms with Crippen molar-refractivity contribution in [2.75, 3.05) is 12.4 Å². The molecule has 1 aromatic carbocycles. The molecule has 0 aliphatic rings. The number of hydrogen-bond acceptors (Lipinski definition) is 6. The van der Waals surface area contributed by atoms with Crippen LogP contribution in [0.4, 0.5) is 5.69 Å². The Bertz CT molecular complexity index is 842. The van der Waals surface area contributed by atoms with Crippen molar-refractivity contribution in [3.8, 4) is 5.69 Å². The first kappa shape index (κ1) is 14.9. The van der Waals surface area contributed by atoms with Crippen LogP contribution in [0.2, 0.25) is 0 Å². The van der Waals surface area contributed by atoms with E-state index in [2.05, 4.69) is 20.4 Å². The fraction of sp³-hybridized carbons (Fsp3) is 0.0667. The summed E-state index contributed by atoms with van der Waals surface area (Å²) in [6.07, 6.45) is 1.45. The van der Waals surface area contributed by atoms with Crippen molar-refractivity contribution in [2.24, 2.45) is 0 Å². The first-order chi connectivity index (χ1) is 11.2. The average Bonchev–Trinajstić information content (AvgIpc) is 3.26. The molecule has 0 radical (unpaired) electrons. The highest BCUT2D eigenvalue weighted by Gasteiger charge is 2.14. The zero-order valence-corrected chi connectivity index (χ0v) is 12.9. The number of amides is 1. The Labute approximate surface area is 135 Å². The second-order valence-corrected chi connectivity index (χ2v) is 5.30. The standard InChI is InChI=1S/C15H12N4O3S/c1-22-15(21)12-8-19(18-17-12)13-5-3-2-4-11(13)16-14(20)10-6-7-23-9-10/h2-9H,1H3,(H,16,20). The van der Waals surface area contributed by atoms with Crippen molar-refractivity contribution in [3.63, 3.8) is 0 Å². The van der Waals surface area contributed by atoms with Crippen molar-refractivity contribution in [1.82, 2.24) is 15.0 Å². The molecule has 8 heteroatoms. The number of esters is 1. The largest absolute Gasteiger partial charge is 0.464 e. The third-order valence-electron chi connectivity index (χ3n) is 3.07. The summed E-state index contributed by atoms with van der Waals surface area (Å²) in [4.78, 5) is 23.7. The molecule has 0 aliphatic carbocycles. The minimum Gasteiger partial charge on any atom is -0.464 e. The van der Waals surface area contributed by atoms with E-state index in [0.717, 1.165) is 0 Å². The third-order valence-corrected chi connectivity index (χ3v) is 3.75. The average molecular weight is 328 g/mol. The fourth-order valence-electron chi connectivity index (χ4n) is 1.95.